The van der Waals surface area contributed by atoms with Crippen LogP contribution in [0.2, 0.25) is 0 Å². The third-order valence-corrected chi connectivity index (χ3v) is 2.03. The molecule has 0 radical (unpaired) electrons. The lowest BCUT2D eigenvalue weighted by molar-refractivity contribution is -0.139. The van der Waals surface area contributed by atoms with Crippen LogP contribution in [0.5, 0.6) is 0 Å². The van der Waals surface area contributed by atoms with Gasteiger partial charge in [-0.2, -0.15) is 0 Å². The van der Waals surface area contributed by atoms with Gasteiger partial charge in [0, 0.05) is 18.7 Å². The van der Waals surface area contributed by atoms with Crippen LogP contribution in [0, 0.1) is 0 Å². The number of rotatable bonds is 9. The maximum Gasteiger partial charge on any atom is 0.333 e. The van der Waals surface area contributed by atoms with Crippen molar-refractivity contribution in [1.82, 2.24) is 4.90 Å². The number of esters is 1. The van der Waals surface area contributed by atoms with Crippen LogP contribution >= 0.6 is 0 Å². The smallest absolute Gasteiger partial charge is 0.333 e. The van der Waals surface area contributed by atoms with Gasteiger partial charge in [0.1, 0.15) is 13.2 Å². The molecule has 0 aromatic heterocycles. The molecule has 0 bridgehead atoms. The highest BCUT2D eigenvalue weighted by atomic mass is 16.5. The van der Waals surface area contributed by atoms with Crippen molar-refractivity contribution in [3.8, 4) is 0 Å². The Kier molecular flexibility index (Phi) is 8.15. The summed E-state index contributed by atoms with van der Waals surface area (Å²) in [7, 11) is 0. The Labute approximate surface area is 96.0 Å². The molecule has 0 heterocycles. The average molecular weight is 229 g/mol. The van der Waals surface area contributed by atoms with E-state index in [1.165, 1.54) is 0 Å². The van der Waals surface area contributed by atoms with E-state index in [1.807, 2.05) is 11.8 Å². The number of carbonyl (C=O) groups excluding carboxylic acids is 2. The second-order valence-corrected chi connectivity index (χ2v) is 3.32. The molecular weight excluding hydrogens is 210 g/mol. The van der Waals surface area contributed by atoms with E-state index in [0.29, 0.717) is 38.3 Å². The first-order valence-electron chi connectivity index (χ1n) is 5.22. The molecule has 0 aliphatic carbocycles. The Balaban J connectivity index is 3.66. The molecule has 0 atom stereocenters. The zero-order valence-electron chi connectivity index (χ0n) is 9.90. The van der Waals surface area contributed by atoms with Crippen LogP contribution in [0.15, 0.2) is 12.2 Å². The molecule has 16 heavy (non-hydrogen) atoms. The first-order valence-corrected chi connectivity index (χ1v) is 5.22. The van der Waals surface area contributed by atoms with Gasteiger partial charge in [0.05, 0.1) is 0 Å². The molecule has 0 fully saturated rings. The van der Waals surface area contributed by atoms with Crippen molar-refractivity contribution in [3.05, 3.63) is 12.2 Å². The predicted octanol–water partition coefficient (Wildman–Crippen LogP) is 0.601. The minimum Gasteiger partial charge on any atom is -0.467 e. The molecule has 0 unspecified atom stereocenters. The van der Waals surface area contributed by atoms with E-state index in [4.69, 9.17) is 4.74 Å². The number of hydrogen-bond donors (Lipinski definition) is 0. The highest BCUT2D eigenvalue weighted by molar-refractivity contribution is 5.86. The van der Waals surface area contributed by atoms with E-state index in [1.54, 1.807) is 6.92 Å². The molecule has 0 amide bonds. The van der Waals surface area contributed by atoms with E-state index in [-0.39, 0.29) is 5.97 Å². The second kappa shape index (κ2) is 8.91. The summed E-state index contributed by atoms with van der Waals surface area (Å²) in [4.78, 5) is 23.0. The maximum atomic E-state index is 11.1. The van der Waals surface area contributed by atoms with E-state index in [9.17, 15) is 9.59 Å². The fraction of sp³-hybridized carbons (Fsp3) is 0.636. The summed E-state index contributed by atoms with van der Waals surface area (Å²) in [5, 5.41) is 0. The Bertz CT molecular complexity index is 240. The molecule has 0 saturated heterocycles. The van der Waals surface area contributed by atoms with Crippen LogP contribution in [-0.4, -0.2) is 50.2 Å². The molecule has 0 aromatic carbocycles. The van der Waals surface area contributed by atoms with Crippen LogP contribution < -0.4 is 0 Å². The van der Waals surface area contributed by atoms with Crippen LogP contribution in [0.3, 0.4) is 0 Å². The van der Waals surface area contributed by atoms with Gasteiger partial charge in [-0.25, -0.2) is 4.79 Å². The van der Waals surface area contributed by atoms with Gasteiger partial charge in [-0.15, -0.1) is 0 Å². The Morgan fingerprint density at radius 2 is 2.00 bits per heavy atom. The van der Waals surface area contributed by atoms with Gasteiger partial charge in [0.2, 0.25) is 0 Å². The third-order valence-electron chi connectivity index (χ3n) is 2.03. The third kappa shape index (κ3) is 7.00. The molecule has 0 aromatic rings. The van der Waals surface area contributed by atoms with Crippen molar-refractivity contribution >= 4 is 12.4 Å². The molecule has 0 aliphatic rings. The average Bonchev–Trinajstić information content (AvgIpc) is 2.26. The van der Waals surface area contributed by atoms with Crippen molar-refractivity contribution in [2.75, 3.05) is 32.8 Å². The van der Waals surface area contributed by atoms with Crippen LogP contribution in [-0.2, 0) is 19.1 Å². The molecule has 92 valence electrons. The van der Waals surface area contributed by atoms with E-state index in [2.05, 4.69) is 11.3 Å². The van der Waals surface area contributed by atoms with Crippen molar-refractivity contribution in [2.24, 2.45) is 0 Å². The number of carbonyl (C=O) groups is 2. The molecular formula is C11H19NO4. The molecule has 5 heteroatoms. The summed E-state index contributed by atoms with van der Waals surface area (Å²) in [5.41, 5.74) is 0.396. The van der Waals surface area contributed by atoms with E-state index in [0.717, 1.165) is 6.54 Å². The lowest BCUT2D eigenvalue weighted by Gasteiger charge is -2.19. The van der Waals surface area contributed by atoms with Crippen LogP contribution in [0.25, 0.3) is 0 Å². The Hall–Kier alpha value is -1.36. The molecule has 0 N–H and O–H groups in total. The van der Waals surface area contributed by atoms with Crippen molar-refractivity contribution < 1.29 is 19.1 Å². The normalized spacial score (nSPS) is 9.94. The minimum absolute atomic E-state index is 0.320. The van der Waals surface area contributed by atoms with Crippen molar-refractivity contribution in [3.63, 3.8) is 0 Å². The van der Waals surface area contributed by atoms with Gasteiger partial charge < -0.3 is 9.47 Å². The van der Waals surface area contributed by atoms with E-state index < -0.39 is 0 Å². The number of nitrogens with zero attached hydrogens (tertiary/aromatic N) is 1. The highest BCUT2D eigenvalue weighted by Crippen LogP contribution is 1.93. The first-order chi connectivity index (χ1) is 7.61. The van der Waals surface area contributed by atoms with Gasteiger partial charge in [-0.3, -0.25) is 9.69 Å². The largest absolute Gasteiger partial charge is 0.467 e. The standard InChI is InChI=1S/C11H19NO4/c1-4-12(5-7-15-9-13)6-8-16-11(14)10(2)3/h9H,2,4-8H2,1,3H3. The first kappa shape index (κ1) is 14.6. The second-order valence-electron chi connectivity index (χ2n) is 3.32. The monoisotopic (exact) mass is 229 g/mol. The molecule has 0 aliphatic heterocycles. The molecule has 0 spiro atoms. The fourth-order valence-electron chi connectivity index (χ4n) is 1.05. The SMILES string of the molecule is C=C(C)C(=O)OCCN(CC)CCOC=O. The predicted molar refractivity (Wildman–Crippen MR) is 59.9 cm³/mol. The summed E-state index contributed by atoms with van der Waals surface area (Å²) < 4.78 is 9.54. The van der Waals surface area contributed by atoms with Gasteiger partial charge in [0.15, 0.2) is 0 Å². The number of likely N-dealkylation sites (N-methyl/N-ethyl adjacent to an activating group) is 1. The van der Waals surface area contributed by atoms with Crippen LogP contribution in [0.4, 0.5) is 0 Å². The summed E-state index contributed by atoms with van der Waals surface area (Å²) in [6.45, 7) is 10.3. The minimum atomic E-state index is -0.375. The summed E-state index contributed by atoms with van der Waals surface area (Å²) in [6, 6.07) is 0. The van der Waals surface area contributed by atoms with Crippen molar-refractivity contribution in [2.45, 2.75) is 13.8 Å². The molecule has 0 saturated carbocycles. The Morgan fingerprint density at radius 3 is 2.50 bits per heavy atom. The molecule has 5 nitrogen and oxygen atoms in total. The number of hydrogen-bond acceptors (Lipinski definition) is 5. The maximum absolute atomic E-state index is 11.1. The quantitative estimate of drug-likeness (QED) is 0.251. The van der Waals surface area contributed by atoms with E-state index >= 15 is 0 Å². The lowest BCUT2D eigenvalue weighted by Crippen LogP contribution is -2.31. The van der Waals surface area contributed by atoms with Crippen molar-refractivity contribution in [1.29, 1.82) is 0 Å². The number of ether oxygens (including phenoxy) is 2. The van der Waals surface area contributed by atoms with Crippen LogP contribution in [0.1, 0.15) is 13.8 Å². The van der Waals surface area contributed by atoms with Gasteiger partial charge in [0.25, 0.3) is 6.47 Å². The highest BCUT2D eigenvalue weighted by Gasteiger charge is 2.05. The topological polar surface area (TPSA) is 55.8 Å². The molecule has 0 rings (SSSR count). The van der Waals surface area contributed by atoms with Gasteiger partial charge >= 0.3 is 5.97 Å². The lowest BCUT2D eigenvalue weighted by atomic mass is 10.4. The summed E-state index contributed by atoms with van der Waals surface area (Å²) >= 11 is 0. The van der Waals surface area contributed by atoms with Gasteiger partial charge in [-0.1, -0.05) is 13.5 Å². The summed E-state index contributed by atoms with van der Waals surface area (Å²) in [5.74, 6) is -0.375. The fourth-order valence-corrected chi connectivity index (χ4v) is 1.05. The zero-order chi connectivity index (χ0) is 12.4. The van der Waals surface area contributed by atoms with Gasteiger partial charge in [-0.05, 0) is 13.5 Å². The zero-order valence-corrected chi connectivity index (χ0v) is 9.90. The Morgan fingerprint density at radius 1 is 1.38 bits per heavy atom. The summed E-state index contributed by atoms with van der Waals surface area (Å²) in [6.07, 6.45) is 0.